The molecule has 1 heteroatoms. The van der Waals surface area contributed by atoms with Crippen LogP contribution in [-0.2, 0) is 0 Å². The Labute approximate surface area is 182 Å². The Morgan fingerprint density at radius 3 is 2.28 bits per heavy atom. The molecule has 4 aliphatic carbocycles. The number of fused-ring (bicyclic) bond motifs is 5. The molecule has 1 N–H and O–H groups in total. The van der Waals surface area contributed by atoms with E-state index >= 15 is 0 Å². The van der Waals surface area contributed by atoms with Gasteiger partial charge in [0.1, 0.15) is 0 Å². The molecule has 4 fully saturated rings. The second kappa shape index (κ2) is 8.48. The van der Waals surface area contributed by atoms with Crippen molar-refractivity contribution in [3.63, 3.8) is 0 Å². The third kappa shape index (κ3) is 3.85. The Morgan fingerprint density at radius 1 is 0.828 bits per heavy atom. The molecule has 0 saturated heterocycles. The third-order valence-corrected chi connectivity index (χ3v) is 11.3. The van der Waals surface area contributed by atoms with E-state index in [0.29, 0.717) is 10.8 Å². The highest BCUT2D eigenvalue weighted by Gasteiger charge is 2.60. The average Bonchev–Trinajstić information content (AvgIpc) is 3.04. The summed E-state index contributed by atoms with van der Waals surface area (Å²) in [5, 5.41) is 3.61. The monoisotopic (exact) mass is 401 g/mol. The van der Waals surface area contributed by atoms with Crippen molar-refractivity contribution >= 4 is 0 Å². The molecule has 168 valence electrons. The zero-order chi connectivity index (χ0) is 20.8. The van der Waals surface area contributed by atoms with Crippen LogP contribution < -0.4 is 5.32 Å². The molecule has 0 aromatic rings. The highest BCUT2D eigenvalue weighted by atomic mass is 14.9. The van der Waals surface area contributed by atoms with Gasteiger partial charge in [-0.3, -0.25) is 0 Å². The van der Waals surface area contributed by atoms with E-state index < -0.39 is 0 Å². The summed E-state index contributed by atoms with van der Waals surface area (Å²) in [6.45, 7) is 12.9. The molecule has 9 atom stereocenters. The Kier molecular flexibility index (Phi) is 6.48. The van der Waals surface area contributed by atoms with E-state index in [-0.39, 0.29) is 0 Å². The van der Waals surface area contributed by atoms with Crippen molar-refractivity contribution < 1.29 is 0 Å². The molecule has 0 bridgehead atoms. The van der Waals surface area contributed by atoms with E-state index in [0.717, 1.165) is 47.5 Å². The summed E-state index contributed by atoms with van der Waals surface area (Å²) in [4.78, 5) is 0. The van der Waals surface area contributed by atoms with E-state index in [1.165, 1.54) is 57.8 Å². The van der Waals surface area contributed by atoms with Crippen LogP contribution in [0.5, 0.6) is 0 Å². The van der Waals surface area contributed by atoms with E-state index in [1.54, 1.807) is 19.3 Å². The molecular formula is C28H51N. The van der Waals surface area contributed by atoms with Crippen LogP contribution in [0.15, 0.2) is 0 Å². The average molecular weight is 402 g/mol. The Bertz CT molecular complexity index is 555. The first-order valence-electron chi connectivity index (χ1n) is 13.5. The highest BCUT2D eigenvalue weighted by molar-refractivity contribution is 5.10. The molecule has 1 unspecified atom stereocenters. The van der Waals surface area contributed by atoms with Gasteiger partial charge in [-0.15, -0.1) is 0 Å². The van der Waals surface area contributed by atoms with E-state index in [2.05, 4.69) is 47.0 Å². The second-order valence-corrected chi connectivity index (χ2v) is 12.9. The molecule has 0 aromatic carbocycles. The molecule has 1 nitrogen and oxygen atoms in total. The minimum atomic E-state index is 0.651. The van der Waals surface area contributed by atoms with Gasteiger partial charge in [0, 0.05) is 6.04 Å². The lowest BCUT2D eigenvalue weighted by molar-refractivity contribution is -0.117. The number of hydrogen-bond donors (Lipinski definition) is 1. The SMILES string of the molecule is CN[C@@H]1CC[C@@]2(C)C(CC[C@H]3[C@@H]4CC[C@H]([C@H](C)CCCC(C)C)[C@@]4(C)CC[C@@H]32)C1. The largest absolute Gasteiger partial charge is 0.317 e. The molecule has 0 amide bonds. The first kappa shape index (κ1) is 22.2. The van der Waals surface area contributed by atoms with Gasteiger partial charge < -0.3 is 5.32 Å². The number of nitrogens with one attached hydrogen (secondary N) is 1. The van der Waals surface area contributed by atoms with Crippen molar-refractivity contribution in [3.05, 3.63) is 0 Å². The van der Waals surface area contributed by atoms with Crippen LogP contribution in [0.3, 0.4) is 0 Å². The van der Waals surface area contributed by atoms with Gasteiger partial charge in [0.2, 0.25) is 0 Å². The van der Waals surface area contributed by atoms with Crippen molar-refractivity contribution in [3.8, 4) is 0 Å². The second-order valence-electron chi connectivity index (χ2n) is 12.9. The summed E-state index contributed by atoms with van der Waals surface area (Å²) >= 11 is 0. The van der Waals surface area contributed by atoms with Crippen LogP contribution in [0, 0.1) is 52.3 Å². The molecule has 4 saturated carbocycles. The number of rotatable bonds is 6. The zero-order valence-corrected chi connectivity index (χ0v) is 20.6. The number of hydrogen-bond acceptors (Lipinski definition) is 1. The van der Waals surface area contributed by atoms with Crippen LogP contribution in [0.1, 0.15) is 112 Å². The predicted octanol–water partition coefficient (Wildman–Crippen LogP) is 7.70. The summed E-state index contributed by atoms with van der Waals surface area (Å²) in [5.41, 5.74) is 1.31. The van der Waals surface area contributed by atoms with E-state index in [1.807, 2.05) is 0 Å². The molecule has 0 aliphatic heterocycles. The lowest BCUT2D eigenvalue weighted by Crippen LogP contribution is -2.55. The van der Waals surface area contributed by atoms with Gasteiger partial charge in [0.15, 0.2) is 0 Å². The zero-order valence-electron chi connectivity index (χ0n) is 20.6. The van der Waals surface area contributed by atoms with Crippen molar-refractivity contribution in [1.29, 1.82) is 0 Å². The van der Waals surface area contributed by atoms with Crippen LogP contribution in [0.2, 0.25) is 0 Å². The summed E-state index contributed by atoms with van der Waals surface area (Å²) < 4.78 is 0. The van der Waals surface area contributed by atoms with E-state index in [9.17, 15) is 0 Å². The molecule has 29 heavy (non-hydrogen) atoms. The summed E-state index contributed by atoms with van der Waals surface area (Å²) in [7, 11) is 2.19. The van der Waals surface area contributed by atoms with Crippen molar-refractivity contribution in [2.45, 2.75) is 118 Å². The summed E-state index contributed by atoms with van der Waals surface area (Å²) in [5.74, 6) is 6.94. The fourth-order valence-electron chi connectivity index (χ4n) is 9.54. The van der Waals surface area contributed by atoms with E-state index in [4.69, 9.17) is 0 Å². The van der Waals surface area contributed by atoms with Gasteiger partial charge in [-0.25, -0.2) is 0 Å². The smallest absolute Gasteiger partial charge is 0.00671 e. The maximum atomic E-state index is 3.61. The topological polar surface area (TPSA) is 12.0 Å². The van der Waals surface area contributed by atoms with Gasteiger partial charge in [-0.2, -0.15) is 0 Å². The predicted molar refractivity (Wildman–Crippen MR) is 126 cm³/mol. The molecule has 0 spiro atoms. The lowest BCUT2D eigenvalue weighted by atomic mass is 9.44. The van der Waals surface area contributed by atoms with Crippen LogP contribution >= 0.6 is 0 Å². The maximum absolute atomic E-state index is 3.61. The Morgan fingerprint density at radius 2 is 1.55 bits per heavy atom. The van der Waals surface area contributed by atoms with Gasteiger partial charge in [-0.1, -0.05) is 53.9 Å². The molecule has 4 aliphatic rings. The van der Waals surface area contributed by atoms with Crippen molar-refractivity contribution in [2.75, 3.05) is 7.05 Å². The molecule has 4 rings (SSSR count). The fourth-order valence-corrected chi connectivity index (χ4v) is 9.54. The lowest BCUT2D eigenvalue weighted by Gasteiger charge is -2.61. The standard InChI is InChI=1S/C28H51N/c1-19(2)8-7-9-20(3)24-12-13-25-23-11-10-21-18-22(29-6)14-16-27(21,4)26(23)15-17-28(24,25)5/h19-26,29H,7-18H2,1-6H3/t20-,21?,22-,23+,24-,25+,26+,27+,28-/m1/s1. The first-order valence-corrected chi connectivity index (χ1v) is 13.5. The molecule has 0 aromatic heterocycles. The van der Waals surface area contributed by atoms with Gasteiger partial charge in [0.05, 0.1) is 0 Å². The fraction of sp³-hybridized carbons (Fsp3) is 1.00. The maximum Gasteiger partial charge on any atom is 0.00671 e. The van der Waals surface area contributed by atoms with Crippen LogP contribution in [0.25, 0.3) is 0 Å². The van der Waals surface area contributed by atoms with Gasteiger partial charge >= 0.3 is 0 Å². The van der Waals surface area contributed by atoms with Crippen molar-refractivity contribution in [1.82, 2.24) is 5.32 Å². The summed E-state index contributed by atoms with van der Waals surface area (Å²) in [6, 6.07) is 0.793. The van der Waals surface area contributed by atoms with Gasteiger partial charge in [-0.05, 0) is 117 Å². The minimum Gasteiger partial charge on any atom is -0.317 e. The highest BCUT2D eigenvalue weighted by Crippen LogP contribution is 2.68. The first-order chi connectivity index (χ1) is 13.8. The minimum absolute atomic E-state index is 0.651. The van der Waals surface area contributed by atoms with Crippen molar-refractivity contribution in [2.24, 2.45) is 52.3 Å². The molecule has 0 radical (unpaired) electrons. The summed E-state index contributed by atoms with van der Waals surface area (Å²) in [6.07, 6.45) is 18.0. The van der Waals surface area contributed by atoms with Gasteiger partial charge in [0.25, 0.3) is 0 Å². The molecular weight excluding hydrogens is 350 g/mol. The molecule has 0 heterocycles. The normalized spacial score (nSPS) is 48.1. The third-order valence-electron chi connectivity index (χ3n) is 11.3. The van der Waals surface area contributed by atoms with Crippen LogP contribution in [-0.4, -0.2) is 13.1 Å². The van der Waals surface area contributed by atoms with Crippen LogP contribution in [0.4, 0.5) is 0 Å². The Hall–Kier alpha value is -0.0400. The Balaban J connectivity index is 1.45. The quantitative estimate of drug-likeness (QED) is 0.481.